The second-order valence-electron chi connectivity index (χ2n) is 7.67. The molecular formula is C20H44N4O7P2. The molecule has 0 aromatic rings. The summed E-state index contributed by atoms with van der Waals surface area (Å²) < 4.78 is 38.3. The molecule has 0 radical (unpaired) electrons. The Morgan fingerprint density at radius 1 is 1.33 bits per heavy atom. The Morgan fingerprint density at radius 2 is 1.91 bits per heavy atom. The lowest BCUT2D eigenvalue weighted by Gasteiger charge is -2.36. The summed E-state index contributed by atoms with van der Waals surface area (Å²) in [6.45, 7) is 9.86. The van der Waals surface area contributed by atoms with Crippen LogP contribution >= 0.6 is 16.2 Å². The van der Waals surface area contributed by atoms with E-state index in [0.29, 0.717) is 32.2 Å². The fraction of sp³-hybridized carbons (Fsp3) is 0.900. The molecular weight excluding hydrogens is 470 g/mol. The Bertz CT molecular complexity index is 611. The Morgan fingerprint density at radius 3 is 2.30 bits per heavy atom. The summed E-state index contributed by atoms with van der Waals surface area (Å²) >= 11 is 0. The Labute approximate surface area is 201 Å². The first kappa shape index (κ1) is 34.4. The summed E-state index contributed by atoms with van der Waals surface area (Å²) in [5.41, 5.74) is 0. The van der Waals surface area contributed by atoms with Crippen molar-refractivity contribution in [2.75, 3.05) is 74.8 Å². The van der Waals surface area contributed by atoms with Crippen molar-refractivity contribution in [3.05, 3.63) is 0 Å². The van der Waals surface area contributed by atoms with E-state index >= 15 is 0 Å². The topological polar surface area (TPSA) is 118 Å². The minimum absolute atomic E-state index is 0.0382. The van der Waals surface area contributed by atoms with Crippen LogP contribution in [-0.2, 0) is 32.5 Å². The predicted molar refractivity (Wildman–Crippen MR) is 131 cm³/mol. The van der Waals surface area contributed by atoms with Crippen molar-refractivity contribution in [3.63, 3.8) is 0 Å². The van der Waals surface area contributed by atoms with Gasteiger partial charge in [0.1, 0.15) is 5.78 Å². The van der Waals surface area contributed by atoms with E-state index in [4.69, 9.17) is 18.3 Å². The molecule has 1 unspecified atom stereocenters. The van der Waals surface area contributed by atoms with Crippen molar-refractivity contribution < 1.29 is 32.5 Å². The summed E-state index contributed by atoms with van der Waals surface area (Å²) in [5.74, 6) is 0.0903. The van der Waals surface area contributed by atoms with Gasteiger partial charge in [-0.25, -0.2) is 9.24 Å². The molecule has 0 aromatic carbocycles. The molecule has 33 heavy (non-hydrogen) atoms. The van der Waals surface area contributed by atoms with E-state index in [1.807, 2.05) is 21.0 Å². The maximum absolute atomic E-state index is 12.1. The van der Waals surface area contributed by atoms with Gasteiger partial charge in [0.2, 0.25) is 5.91 Å². The zero-order chi connectivity index (χ0) is 26.0. The summed E-state index contributed by atoms with van der Waals surface area (Å²) in [6, 6.07) is 0.348. The Balaban J connectivity index is 0. The van der Waals surface area contributed by atoms with Crippen molar-refractivity contribution in [3.8, 4) is 0 Å². The molecule has 1 aliphatic rings. The summed E-state index contributed by atoms with van der Waals surface area (Å²) in [4.78, 5) is 26.0. The number of ether oxygens (including phenoxy) is 1. The van der Waals surface area contributed by atoms with Crippen molar-refractivity contribution in [1.82, 2.24) is 19.8 Å². The number of rotatable bonds is 11. The number of amides is 1. The molecule has 196 valence electrons. The molecule has 11 nitrogen and oxygen atoms in total. The van der Waals surface area contributed by atoms with Crippen LogP contribution in [0, 0.1) is 0 Å². The second kappa shape index (κ2) is 19.5. The van der Waals surface area contributed by atoms with Gasteiger partial charge < -0.3 is 15.0 Å². The number of Topliss-reactive ketones (excluding diaryl/α,β-unsaturated/α-hetero) is 1. The van der Waals surface area contributed by atoms with Gasteiger partial charge in [0, 0.05) is 32.8 Å². The van der Waals surface area contributed by atoms with Gasteiger partial charge in [0.25, 0.3) is 0 Å². The average Bonchev–Trinajstić information content (AvgIpc) is 2.75. The highest BCUT2D eigenvalue weighted by atomic mass is 31.2. The first-order valence-electron chi connectivity index (χ1n) is 10.9. The van der Waals surface area contributed by atoms with Gasteiger partial charge in [-0.2, -0.15) is 0 Å². The third-order valence-corrected chi connectivity index (χ3v) is 6.55. The van der Waals surface area contributed by atoms with Gasteiger partial charge in [-0.05, 0) is 55.0 Å². The van der Waals surface area contributed by atoms with Crippen LogP contribution in [0.3, 0.4) is 0 Å². The van der Waals surface area contributed by atoms with Crippen LogP contribution in [0.4, 0.5) is 0 Å². The largest absolute Gasteiger partial charge is 0.409 e. The minimum atomic E-state index is -3.21. The number of carbonyl (C=O) groups is 2. The molecule has 1 N–H and O–H groups in total. The monoisotopic (exact) mass is 514 g/mol. The molecule has 0 aliphatic carbocycles. The van der Waals surface area contributed by atoms with Crippen molar-refractivity contribution in [1.29, 1.82) is 0 Å². The van der Waals surface area contributed by atoms with Gasteiger partial charge in [0.05, 0.1) is 19.7 Å². The number of ketones is 1. The van der Waals surface area contributed by atoms with Crippen LogP contribution in [0.15, 0.2) is 0 Å². The van der Waals surface area contributed by atoms with Crippen LogP contribution in [0.1, 0.15) is 33.6 Å². The van der Waals surface area contributed by atoms with Crippen LogP contribution in [0.2, 0.25) is 0 Å². The van der Waals surface area contributed by atoms with Crippen molar-refractivity contribution in [2.45, 2.75) is 45.9 Å². The first-order valence-corrected chi connectivity index (χ1v) is 13.6. The molecule has 0 saturated carbocycles. The van der Waals surface area contributed by atoms with Gasteiger partial charge in [0.15, 0.2) is 14.8 Å². The smallest absolute Gasteiger partial charge is 0.349 e. The van der Waals surface area contributed by atoms with E-state index in [0.717, 1.165) is 13.0 Å². The van der Waals surface area contributed by atoms with E-state index in [1.165, 1.54) is 18.7 Å². The number of nitrogens with one attached hydrogen (secondary N) is 1. The molecule has 0 spiro atoms. The summed E-state index contributed by atoms with van der Waals surface area (Å²) in [5, 5.41) is 3.01. The van der Waals surface area contributed by atoms with E-state index < -0.39 is 14.0 Å². The second-order valence-corrected chi connectivity index (χ2v) is 10.3. The van der Waals surface area contributed by atoms with Crippen LogP contribution in [0.25, 0.3) is 0 Å². The SMILES string of the molecule is CCC(=O)N(CCCNC)CC(C)=O.COP(=O)(O[C@@H]1CN(C)[C@H](C)CO1)N(C)C.CP=O. The van der Waals surface area contributed by atoms with E-state index in [9.17, 15) is 14.2 Å². The van der Waals surface area contributed by atoms with Crippen molar-refractivity contribution in [2.24, 2.45) is 0 Å². The molecule has 13 heteroatoms. The molecule has 1 fully saturated rings. The van der Waals surface area contributed by atoms with E-state index in [-0.39, 0.29) is 26.7 Å². The number of nitrogens with zero attached hydrogens (tertiary/aromatic N) is 3. The fourth-order valence-corrected chi connectivity index (χ4v) is 3.61. The number of likely N-dealkylation sites (N-methyl/N-ethyl adjacent to an activating group) is 1. The predicted octanol–water partition coefficient (Wildman–Crippen LogP) is 2.33. The molecule has 1 heterocycles. The first-order chi connectivity index (χ1) is 15.4. The third-order valence-electron chi connectivity index (χ3n) is 4.61. The lowest BCUT2D eigenvalue weighted by atomic mass is 10.3. The standard InChI is InChI=1S/C10H20N2O2.C9H21N2O4P.CH3OP/c1-4-10(14)12(8-9(2)13)7-5-6-11-3;1-8-7-14-9(6-11(8)4)15-16(12,13-5)10(2)3;1-3-2/h11H,4-8H2,1-3H3;8-9H,6-7H2,1-5H3;1H3/t;8-,9-,16?;/m.1./s1. The molecule has 1 amide bonds. The molecule has 0 bridgehead atoms. The van der Waals surface area contributed by atoms with Gasteiger partial charge in [-0.3, -0.25) is 28.1 Å². The zero-order valence-electron chi connectivity index (χ0n) is 21.7. The highest BCUT2D eigenvalue weighted by Gasteiger charge is 2.34. The molecule has 0 aromatic heterocycles. The normalized spacial score (nSPS) is 20.2. The van der Waals surface area contributed by atoms with E-state index in [2.05, 4.69) is 17.1 Å². The van der Waals surface area contributed by atoms with E-state index in [1.54, 1.807) is 25.7 Å². The lowest BCUT2D eigenvalue weighted by molar-refractivity contribution is -0.149. The summed E-state index contributed by atoms with van der Waals surface area (Å²) in [6.07, 6.45) is 0.844. The molecule has 1 aliphatic heterocycles. The maximum Gasteiger partial charge on any atom is 0.409 e. The fourth-order valence-electron chi connectivity index (χ4n) is 2.59. The maximum atomic E-state index is 12.1. The Hall–Kier alpha value is -0.770. The Kier molecular flexibility index (Phi) is 20.4. The number of carbonyl (C=O) groups excluding carboxylic acids is 2. The zero-order valence-corrected chi connectivity index (χ0v) is 23.5. The van der Waals surface area contributed by atoms with Crippen LogP contribution in [0.5, 0.6) is 0 Å². The highest BCUT2D eigenvalue weighted by molar-refractivity contribution is 7.51. The average molecular weight is 515 g/mol. The molecule has 1 saturated heterocycles. The van der Waals surface area contributed by atoms with Gasteiger partial charge in [-0.1, -0.05) is 6.92 Å². The number of hydrogen-bond donors (Lipinski definition) is 1. The van der Waals surface area contributed by atoms with Gasteiger partial charge in [-0.15, -0.1) is 0 Å². The van der Waals surface area contributed by atoms with Crippen molar-refractivity contribution >= 4 is 27.9 Å². The number of hydrogen-bond acceptors (Lipinski definition) is 9. The number of morpholine rings is 1. The highest BCUT2D eigenvalue weighted by Crippen LogP contribution is 2.50. The molecule has 1 rings (SSSR count). The van der Waals surface area contributed by atoms with Crippen LogP contribution in [-0.4, -0.2) is 113 Å². The quantitative estimate of drug-likeness (QED) is 0.325. The lowest BCUT2D eigenvalue weighted by Crippen LogP contribution is -2.46. The molecule has 3 atom stereocenters. The summed E-state index contributed by atoms with van der Waals surface area (Å²) in [7, 11) is 5.49. The third kappa shape index (κ3) is 15.7. The minimum Gasteiger partial charge on any atom is -0.349 e. The van der Waals surface area contributed by atoms with Gasteiger partial charge >= 0.3 is 7.75 Å². The van der Waals surface area contributed by atoms with Crippen LogP contribution < -0.4 is 5.32 Å².